The highest BCUT2D eigenvalue weighted by Crippen LogP contribution is 2.42. The van der Waals surface area contributed by atoms with Crippen LogP contribution in [0, 0.1) is 0 Å². The van der Waals surface area contributed by atoms with Crippen molar-refractivity contribution in [1.29, 1.82) is 0 Å². The van der Waals surface area contributed by atoms with Gasteiger partial charge < -0.3 is 31.4 Å². The lowest BCUT2D eigenvalue weighted by Gasteiger charge is -2.36. The first-order valence-corrected chi connectivity index (χ1v) is 13.8. The lowest BCUT2D eigenvalue weighted by atomic mass is 9.79. The zero-order valence-electron chi connectivity index (χ0n) is 23.5. The second-order valence-electron chi connectivity index (χ2n) is 11.6. The van der Waals surface area contributed by atoms with E-state index in [4.69, 9.17) is 18.9 Å². The van der Waals surface area contributed by atoms with Gasteiger partial charge in [0, 0.05) is 36.2 Å². The van der Waals surface area contributed by atoms with Crippen molar-refractivity contribution in [1.82, 2.24) is 0 Å². The van der Waals surface area contributed by atoms with Crippen LogP contribution in [0.4, 0.5) is 0 Å². The Hall–Kier alpha value is -2.99. The molecule has 2 unspecified atom stereocenters. The summed E-state index contributed by atoms with van der Waals surface area (Å²) >= 11 is 0. The van der Waals surface area contributed by atoms with Crippen LogP contribution in [0.1, 0.15) is 56.4 Å². The summed E-state index contributed by atoms with van der Waals surface area (Å²) < 4.78 is 23.7. The van der Waals surface area contributed by atoms with Crippen LogP contribution in [0.5, 0.6) is 11.5 Å². The van der Waals surface area contributed by atoms with Gasteiger partial charge >= 0.3 is 0 Å². The van der Waals surface area contributed by atoms with Crippen molar-refractivity contribution in [2.24, 2.45) is 0 Å². The molecule has 0 radical (unpaired) electrons. The molecule has 0 saturated carbocycles. The molecule has 3 aliphatic heterocycles. The zero-order chi connectivity index (χ0) is 26.4. The first-order chi connectivity index (χ1) is 18.4. The highest BCUT2D eigenvalue weighted by Gasteiger charge is 2.40. The van der Waals surface area contributed by atoms with E-state index in [2.05, 4.69) is 82.4 Å². The van der Waals surface area contributed by atoms with Gasteiger partial charge in [0.25, 0.3) is 0 Å². The monoisotopic (exact) mass is 547 g/mol. The van der Waals surface area contributed by atoms with Gasteiger partial charge in [-0.1, -0.05) is 58.0 Å². The normalized spacial score (nSPS) is 21.1. The summed E-state index contributed by atoms with van der Waals surface area (Å²) in [6.07, 6.45) is 9.28. The van der Waals surface area contributed by atoms with Crippen molar-refractivity contribution in [2.45, 2.75) is 58.5 Å². The molecule has 206 valence electrons. The molecule has 39 heavy (non-hydrogen) atoms. The molecule has 0 aromatic heterocycles. The van der Waals surface area contributed by atoms with E-state index in [1.165, 1.54) is 49.6 Å². The van der Waals surface area contributed by atoms with Gasteiger partial charge in [-0.15, -0.1) is 0 Å². The van der Waals surface area contributed by atoms with Gasteiger partial charge in [0.2, 0.25) is 6.79 Å². The third kappa shape index (κ3) is 5.04. The molecular formula is C33H38ClNO4. The van der Waals surface area contributed by atoms with E-state index in [0.717, 1.165) is 43.1 Å². The van der Waals surface area contributed by atoms with E-state index >= 15 is 0 Å². The Morgan fingerprint density at radius 2 is 1.77 bits per heavy atom. The number of quaternary nitrogens is 1. The van der Waals surface area contributed by atoms with Crippen molar-refractivity contribution in [2.75, 3.05) is 27.1 Å². The van der Waals surface area contributed by atoms with Crippen molar-refractivity contribution >= 4 is 5.70 Å². The van der Waals surface area contributed by atoms with E-state index < -0.39 is 0 Å². The van der Waals surface area contributed by atoms with Crippen molar-refractivity contribution in [3.63, 3.8) is 0 Å². The summed E-state index contributed by atoms with van der Waals surface area (Å²) in [6.45, 7) is 10.9. The summed E-state index contributed by atoms with van der Waals surface area (Å²) in [4.78, 5) is 1.37. The first kappa shape index (κ1) is 27.6. The molecule has 0 amide bonds. The Bertz CT molecular complexity index is 1380. The highest BCUT2D eigenvalue weighted by molar-refractivity contribution is 5.77. The lowest BCUT2D eigenvalue weighted by Crippen LogP contribution is -3.06. The van der Waals surface area contributed by atoms with Gasteiger partial charge in [-0.2, -0.15) is 0 Å². The average molecular weight is 548 g/mol. The van der Waals surface area contributed by atoms with Gasteiger partial charge in [0.15, 0.2) is 11.5 Å². The van der Waals surface area contributed by atoms with Gasteiger partial charge in [0.05, 0.1) is 13.7 Å². The summed E-state index contributed by atoms with van der Waals surface area (Å²) in [7, 11) is 1.74. The maximum atomic E-state index is 6.39. The molecule has 0 fully saturated rings. The molecule has 0 bridgehead atoms. The molecule has 1 N–H and O–H groups in total. The number of fused-ring (bicyclic) bond motifs is 5. The number of halogens is 1. The minimum atomic E-state index is -0.189. The van der Waals surface area contributed by atoms with Crippen molar-refractivity contribution in [3.05, 3.63) is 99.5 Å². The van der Waals surface area contributed by atoms with Gasteiger partial charge in [0.1, 0.15) is 23.8 Å². The average Bonchev–Trinajstić information content (AvgIpc) is 3.37. The van der Waals surface area contributed by atoms with Crippen LogP contribution in [-0.2, 0) is 27.7 Å². The fourth-order valence-corrected chi connectivity index (χ4v) is 5.98. The Morgan fingerprint density at radius 3 is 2.46 bits per heavy atom. The minimum absolute atomic E-state index is 0. The summed E-state index contributed by atoms with van der Waals surface area (Å²) in [5, 5.41) is 0. The number of ether oxygens (including phenoxy) is 4. The number of hydrogen-bond acceptors (Lipinski definition) is 4. The summed E-state index contributed by atoms with van der Waals surface area (Å²) in [5.41, 5.74) is 10.5. The van der Waals surface area contributed by atoms with Gasteiger partial charge in [-0.3, -0.25) is 4.90 Å². The second-order valence-corrected chi connectivity index (χ2v) is 11.6. The number of hydrogen-bond donors (Lipinski definition) is 1. The smallest absolute Gasteiger partial charge is 0.231 e. The standard InChI is InChI=1S/C33H37NO4.ClH/c1-6-15-36-32-27-19-34-14-13-22-17-29-30(38-20-37-29)18-25(22)31(34)26(24(27)11-12-28(32)35-5)16-21-7-9-23(10-8-21)33(2,3)4;/h7-12,17-19,32H,6,13-16,20H2,1-5H3;1H. The first-order valence-electron chi connectivity index (χ1n) is 13.8. The number of benzene rings is 2. The highest BCUT2D eigenvalue weighted by atomic mass is 35.5. The third-order valence-corrected chi connectivity index (χ3v) is 8.00. The van der Waals surface area contributed by atoms with E-state index in [1.54, 1.807) is 7.11 Å². The SMILES string of the molecule is CCCOC1C(OC)=CC=C2C1=C[NH+]1CCc3cc4c(cc3C1=C2Cc1ccc(C(C)(C)C)cc1)OCO4.[Cl-]. The number of nitrogens with one attached hydrogen (secondary N) is 1. The lowest BCUT2D eigenvalue weighted by molar-refractivity contribution is -0.771. The number of methoxy groups -OCH3 is 1. The Balaban J connectivity index is 0.00000308. The molecule has 6 rings (SSSR count). The molecule has 2 atom stereocenters. The molecule has 3 heterocycles. The predicted molar refractivity (Wildman–Crippen MR) is 149 cm³/mol. The van der Waals surface area contributed by atoms with E-state index in [9.17, 15) is 0 Å². The topological polar surface area (TPSA) is 41.4 Å². The quantitative estimate of drug-likeness (QED) is 0.602. The maximum Gasteiger partial charge on any atom is 0.231 e. The molecular weight excluding hydrogens is 510 g/mol. The molecule has 0 spiro atoms. The number of rotatable bonds is 6. The van der Waals surface area contributed by atoms with Gasteiger partial charge in [-0.25, -0.2) is 0 Å². The molecule has 2 aromatic rings. The summed E-state index contributed by atoms with van der Waals surface area (Å²) in [6, 6.07) is 13.5. The second kappa shape index (κ2) is 10.9. The Labute approximate surface area is 238 Å². The zero-order valence-corrected chi connectivity index (χ0v) is 24.3. The fraction of sp³-hybridized carbons (Fsp3) is 0.394. The van der Waals surface area contributed by atoms with Crippen LogP contribution in [0.2, 0.25) is 0 Å². The van der Waals surface area contributed by atoms with Crippen LogP contribution in [0.3, 0.4) is 0 Å². The van der Waals surface area contributed by atoms with E-state index in [-0.39, 0.29) is 30.7 Å². The van der Waals surface area contributed by atoms with Crippen LogP contribution in [0.25, 0.3) is 5.70 Å². The summed E-state index contributed by atoms with van der Waals surface area (Å²) in [5.74, 6) is 2.56. The molecule has 6 heteroatoms. The predicted octanol–water partition coefficient (Wildman–Crippen LogP) is 2.27. The Morgan fingerprint density at radius 1 is 1.03 bits per heavy atom. The van der Waals surface area contributed by atoms with E-state index in [1.807, 2.05) is 0 Å². The van der Waals surface area contributed by atoms with Crippen LogP contribution >= 0.6 is 0 Å². The van der Waals surface area contributed by atoms with Crippen LogP contribution in [0.15, 0.2) is 77.2 Å². The van der Waals surface area contributed by atoms with Crippen molar-refractivity contribution in [3.8, 4) is 11.5 Å². The molecule has 2 aromatic carbocycles. The Kier molecular flexibility index (Phi) is 7.69. The third-order valence-electron chi connectivity index (χ3n) is 8.00. The molecule has 1 aliphatic carbocycles. The number of allylic oxidation sites excluding steroid dienone is 3. The van der Waals surface area contributed by atoms with E-state index in [0.29, 0.717) is 6.61 Å². The van der Waals surface area contributed by atoms with Crippen LogP contribution in [-0.4, -0.2) is 33.2 Å². The molecule has 0 saturated heterocycles. The largest absolute Gasteiger partial charge is 1.00 e. The molecule has 4 aliphatic rings. The van der Waals surface area contributed by atoms with Crippen molar-refractivity contribution < 1.29 is 36.3 Å². The molecule has 5 nitrogen and oxygen atoms in total. The minimum Gasteiger partial charge on any atom is -1.00 e. The van der Waals surface area contributed by atoms with Crippen LogP contribution < -0.4 is 26.8 Å². The fourth-order valence-electron chi connectivity index (χ4n) is 5.98. The maximum absolute atomic E-state index is 6.39. The van der Waals surface area contributed by atoms with Gasteiger partial charge in [-0.05, 0) is 52.3 Å².